The van der Waals surface area contributed by atoms with Gasteiger partial charge in [-0.15, -0.1) is 0 Å². The van der Waals surface area contributed by atoms with Gasteiger partial charge in [0.05, 0.1) is 14.2 Å². The Morgan fingerprint density at radius 3 is 2.41 bits per heavy atom. The van der Waals surface area contributed by atoms with Crippen LogP contribution in [0.2, 0.25) is 0 Å². The molecule has 0 saturated carbocycles. The maximum absolute atomic E-state index is 12.3. The molecule has 1 N–H and O–H groups in total. The summed E-state index contributed by atoms with van der Waals surface area (Å²) < 4.78 is 26.2. The number of hydrogen-bond acceptors (Lipinski definition) is 7. The topological polar surface area (TPSA) is 92.3 Å². The molecule has 29 heavy (non-hydrogen) atoms. The Hall–Kier alpha value is -3.42. The summed E-state index contributed by atoms with van der Waals surface area (Å²) in [7, 11) is 3.13. The van der Waals surface area contributed by atoms with Crippen LogP contribution in [0.5, 0.6) is 23.0 Å². The molecule has 0 bridgehead atoms. The molecule has 0 fully saturated rings. The van der Waals surface area contributed by atoms with Crippen LogP contribution in [0.1, 0.15) is 18.9 Å². The molecule has 0 saturated heterocycles. The average molecular weight is 401 g/mol. The number of hydrogen-bond donors (Lipinski definition) is 1. The van der Waals surface area contributed by atoms with Crippen molar-refractivity contribution in [2.45, 2.75) is 25.9 Å². The van der Waals surface area contributed by atoms with E-state index in [4.69, 9.17) is 23.7 Å². The van der Waals surface area contributed by atoms with Gasteiger partial charge in [0, 0.05) is 24.2 Å². The second-order valence-electron chi connectivity index (χ2n) is 6.41. The van der Waals surface area contributed by atoms with Gasteiger partial charge in [0.2, 0.25) is 6.79 Å². The van der Waals surface area contributed by atoms with Gasteiger partial charge in [-0.3, -0.25) is 9.59 Å². The van der Waals surface area contributed by atoms with Crippen LogP contribution >= 0.6 is 0 Å². The Morgan fingerprint density at radius 1 is 1.03 bits per heavy atom. The maximum Gasteiger partial charge on any atom is 0.306 e. The number of benzene rings is 2. The van der Waals surface area contributed by atoms with Crippen LogP contribution in [0.15, 0.2) is 36.4 Å². The number of nitrogens with one attached hydrogen (secondary N) is 1. The molecular weight excluding hydrogens is 378 g/mol. The van der Waals surface area contributed by atoms with E-state index in [2.05, 4.69) is 5.32 Å². The highest BCUT2D eigenvalue weighted by atomic mass is 16.7. The van der Waals surface area contributed by atoms with Crippen molar-refractivity contribution in [3.05, 3.63) is 42.0 Å². The smallest absolute Gasteiger partial charge is 0.306 e. The van der Waals surface area contributed by atoms with Crippen LogP contribution in [0.3, 0.4) is 0 Å². The SMILES string of the molecule is COc1cc(CCC(=O)O[C@@H](C)C(=O)Nc2ccc3c(c2)OCO3)cc(OC)c1. The second kappa shape index (κ2) is 9.18. The number of esters is 1. The Bertz CT molecular complexity index is 874. The van der Waals surface area contributed by atoms with E-state index >= 15 is 0 Å². The molecule has 1 amide bonds. The molecule has 1 heterocycles. The summed E-state index contributed by atoms with van der Waals surface area (Å²) in [5, 5.41) is 2.70. The zero-order valence-electron chi connectivity index (χ0n) is 16.5. The highest BCUT2D eigenvalue weighted by molar-refractivity contribution is 5.95. The minimum Gasteiger partial charge on any atom is -0.497 e. The van der Waals surface area contributed by atoms with Crippen molar-refractivity contribution in [3.8, 4) is 23.0 Å². The van der Waals surface area contributed by atoms with Gasteiger partial charge in [-0.05, 0) is 43.2 Å². The van der Waals surface area contributed by atoms with Crippen molar-refractivity contribution in [1.29, 1.82) is 0 Å². The fourth-order valence-electron chi connectivity index (χ4n) is 2.78. The number of aryl methyl sites for hydroxylation is 1. The van der Waals surface area contributed by atoms with Crippen LogP contribution in [0.25, 0.3) is 0 Å². The lowest BCUT2D eigenvalue weighted by atomic mass is 10.1. The maximum atomic E-state index is 12.3. The van der Waals surface area contributed by atoms with Gasteiger partial charge in [0.15, 0.2) is 17.6 Å². The summed E-state index contributed by atoms with van der Waals surface area (Å²) in [5.74, 6) is 1.56. The molecule has 2 aromatic carbocycles. The first-order valence-electron chi connectivity index (χ1n) is 9.10. The standard InChI is InChI=1S/C21H23NO7/c1-13(21(24)22-15-5-6-18-19(10-15)28-12-27-18)29-20(23)7-4-14-8-16(25-2)11-17(9-14)26-3/h5-6,8-11,13H,4,7,12H2,1-3H3,(H,22,24)/t13-/m0/s1. The van der Waals surface area contributed by atoms with Crippen LogP contribution < -0.4 is 24.3 Å². The largest absolute Gasteiger partial charge is 0.497 e. The molecule has 154 valence electrons. The summed E-state index contributed by atoms with van der Waals surface area (Å²) in [6.45, 7) is 1.68. The lowest BCUT2D eigenvalue weighted by molar-refractivity contribution is -0.153. The van der Waals surface area contributed by atoms with Crippen LogP contribution in [0.4, 0.5) is 5.69 Å². The van der Waals surface area contributed by atoms with E-state index in [1.165, 1.54) is 6.92 Å². The van der Waals surface area contributed by atoms with Crippen molar-refractivity contribution >= 4 is 17.6 Å². The Morgan fingerprint density at radius 2 is 1.72 bits per heavy atom. The Balaban J connectivity index is 1.50. The van der Waals surface area contributed by atoms with E-state index < -0.39 is 18.0 Å². The molecule has 0 unspecified atom stereocenters. The number of ether oxygens (including phenoxy) is 5. The molecule has 1 aliphatic heterocycles. The molecular formula is C21H23NO7. The highest BCUT2D eigenvalue weighted by Crippen LogP contribution is 2.34. The van der Waals surface area contributed by atoms with Gasteiger partial charge >= 0.3 is 5.97 Å². The third-order valence-corrected chi connectivity index (χ3v) is 4.35. The first kappa shape index (κ1) is 20.3. The summed E-state index contributed by atoms with van der Waals surface area (Å²) in [4.78, 5) is 24.4. The van der Waals surface area contributed by atoms with E-state index in [-0.39, 0.29) is 13.2 Å². The first-order valence-corrected chi connectivity index (χ1v) is 9.10. The van der Waals surface area contributed by atoms with Gasteiger partial charge in [-0.1, -0.05) is 0 Å². The van der Waals surface area contributed by atoms with Crippen molar-refractivity contribution in [3.63, 3.8) is 0 Å². The number of rotatable bonds is 8. The van der Waals surface area contributed by atoms with E-state index in [0.717, 1.165) is 5.56 Å². The normalized spacial score (nSPS) is 12.8. The monoisotopic (exact) mass is 401 g/mol. The Labute approximate surface area is 168 Å². The van der Waals surface area contributed by atoms with E-state index in [1.807, 2.05) is 12.1 Å². The molecule has 8 heteroatoms. The summed E-state index contributed by atoms with van der Waals surface area (Å²) in [6.07, 6.45) is -0.381. The fourth-order valence-corrected chi connectivity index (χ4v) is 2.78. The Kier molecular flexibility index (Phi) is 6.43. The molecule has 3 rings (SSSR count). The van der Waals surface area contributed by atoms with E-state index in [0.29, 0.717) is 35.1 Å². The van der Waals surface area contributed by atoms with E-state index in [9.17, 15) is 9.59 Å². The molecule has 8 nitrogen and oxygen atoms in total. The third kappa shape index (κ3) is 5.31. The first-order chi connectivity index (χ1) is 14.0. The lowest BCUT2D eigenvalue weighted by Gasteiger charge is -2.14. The number of amides is 1. The van der Waals surface area contributed by atoms with E-state index in [1.54, 1.807) is 38.5 Å². The fraction of sp³-hybridized carbons (Fsp3) is 0.333. The number of carbonyl (C=O) groups excluding carboxylic acids is 2. The number of carbonyl (C=O) groups is 2. The minimum absolute atomic E-state index is 0.123. The zero-order chi connectivity index (χ0) is 20.8. The van der Waals surface area contributed by atoms with Crippen molar-refractivity contribution in [2.24, 2.45) is 0 Å². The lowest BCUT2D eigenvalue weighted by Crippen LogP contribution is -2.30. The van der Waals surface area contributed by atoms with Gasteiger partial charge in [-0.2, -0.15) is 0 Å². The molecule has 0 radical (unpaired) electrons. The molecule has 0 aliphatic carbocycles. The van der Waals surface area contributed by atoms with Gasteiger partial charge in [0.25, 0.3) is 5.91 Å². The van der Waals surface area contributed by atoms with Crippen molar-refractivity contribution in [2.75, 3.05) is 26.3 Å². The second-order valence-corrected chi connectivity index (χ2v) is 6.41. The van der Waals surface area contributed by atoms with Crippen LogP contribution in [-0.2, 0) is 20.7 Å². The molecule has 0 spiro atoms. The summed E-state index contributed by atoms with van der Waals surface area (Å²) >= 11 is 0. The van der Waals surface area contributed by atoms with Crippen LogP contribution in [0, 0.1) is 0 Å². The number of methoxy groups -OCH3 is 2. The van der Waals surface area contributed by atoms with Gasteiger partial charge in [-0.25, -0.2) is 0 Å². The summed E-state index contributed by atoms with van der Waals surface area (Å²) in [5.41, 5.74) is 1.40. The molecule has 0 aromatic heterocycles. The molecule has 2 aromatic rings. The quantitative estimate of drug-likeness (QED) is 0.680. The highest BCUT2D eigenvalue weighted by Gasteiger charge is 2.20. The third-order valence-electron chi connectivity index (χ3n) is 4.35. The zero-order valence-corrected chi connectivity index (χ0v) is 16.5. The predicted octanol–water partition coefficient (Wildman–Crippen LogP) is 2.94. The van der Waals surface area contributed by atoms with Crippen molar-refractivity contribution < 1.29 is 33.3 Å². The average Bonchev–Trinajstić information content (AvgIpc) is 3.19. The van der Waals surface area contributed by atoms with Crippen LogP contribution in [-0.4, -0.2) is 39.0 Å². The van der Waals surface area contributed by atoms with Gasteiger partial charge in [0.1, 0.15) is 11.5 Å². The number of anilines is 1. The minimum atomic E-state index is -0.937. The molecule has 1 atom stereocenters. The van der Waals surface area contributed by atoms with Crippen molar-refractivity contribution in [1.82, 2.24) is 0 Å². The predicted molar refractivity (Wildman–Crippen MR) is 105 cm³/mol. The number of fused-ring (bicyclic) bond motifs is 1. The molecule has 1 aliphatic rings. The summed E-state index contributed by atoms with van der Waals surface area (Å²) in [6, 6.07) is 10.5. The van der Waals surface area contributed by atoms with Gasteiger partial charge < -0.3 is 29.0 Å².